The van der Waals surface area contributed by atoms with E-state index in [1.807, 2.05) is 19.9 Å². The molecule has 1 unspecified atom stereocenters. The quantitative estimate of drug-likeness (QED) is 0.816. The summed E-state index contributed by atoms with van der Waals surface area (Å²) in [6.07, 6.45) is 1.29. The van der Waals surface area contributed by atoms with Gasteiger partial charge >= 0.3 is 5.97 Å². The zero-order chi connectivity index (χ0) is 15.6. The van der Waals surface area contributed by atoms with Crippen molar-refractivity contribution in [2.75, 3.05) is 6.54 Å². The predicted octanol–water partition coefficient (Wildman–Crippen LogP) is 2.48. The van der Waals surface area contributed by atoms with Gasteiger partial charge < -0.3 is 5.11 Å². The number of carbonyl (C=O) groups excluding carboxylic acids is 2. The molecule has 1 aromatic rings. The third-order valence-electron chi connectivity index (χ3n) is 3.82. The first-order valence-electron chi connectivity index (χ1n) is 7.08. The van der Waals surface area contributed by atoms with Crippen LogP contribution in [0.1, 0.15) is 52.5 Å². The van der Waals surface area contributed by atoms with Gasteiger partial charge in [0.25, 0.3) is 11.8 Å². The molecule has 1 atom stereocenters. The average molecular weight is 289 g/mol. The van der Waals surface area contributed by atoms with E-state index < -0.39 is 5.97 Å². The lowest BCUT2D eigenvalue weighted by Crippen LogP contribution is -2.31. The number of rotatable bonds is 6. The molecule has 112 valence electrons. The Balaban J connectivity index is 1.98. The molecule has 2 rings (SSSR count). The highest BCUT2D eigenvalue weighted by Gasteiger charge is 2.35. The minimum atomic E-state index is -0.821. The van der Waals surface area contributed by atoms with Crippen LogP contribution in [0.5, 0.6) is 0 Å². The van der Waals surface area contributed by atoms with Gasteiger partial charge in [-0.25, -0.2) is 0 Å². The second-order valence-electron chi connectivity index (χ2n) is 5.64. The number of aryl methyl sites for hydroxylation is 1. The first-order valence-corrected chi connectivity index (χ1v) is 7.08. The fraction of sp³-hybridized carbons (Fsp3) is 0.438. The maximum absolute atomic E-state index is 12.2. The Bertz CT molecular complexity index is 594. The van der Waals surface area contributed by atoms with Crippen LogP contribution in [0, 0.1) is 12.8 Å². The maximum atomic E-state index is 12.2. The number of carboxylic acid groups (broad SMARTS) is 1. The monoisotopic (exact) mass is 289 g/mol. The van der Waals surface area contributed by atoms with Crippen molar-refractivity contribution in [3.05, 3.63) is 34.9 Å². The molecule has 1 aromatic carbocycles. The molecule has 0 aromatic heterocycles. The number of imide groups is 1. The summed E-state index contributed by atoms with van der Waals surface area (Å²) in [5.41, 5.74) is 1.88. The van der Waals surface area contributed by atoms with E-state index in [0.29, 0.717) is 30.5 Å². The van der Waals surface area contributed by atoms with Crippen molar-refractivity contribution in [3.63, 3.8) is 0 Å². The first-order chi connectivity index (χ1) is 9.90. The fourth-order valence-corrected chi connectivity index (χ4v) is 2.47. The highest BCUT2D eigenvalue weighted by Crippen LogP contribution is 2.25. The van der Waals surface area contributed by atoms with Gasteiger partial charge in [0.05, 0.1) is 11.1 Å². The van der Waals surface area contributed by atoms with Crippen LogP contribution in [-0.2, 0) is 4.79 Å². The van der Waals surface area contributed by atoms with E-state index in [1.165, 1.54) is 4.90 Å². The molecule has 0 saturated carbocycles. The third-order valence-corrected chi connectivity index (χ3v) is 3.82. The lowest BCUT2D eigenvalue weighted by molar-refractivity contribution is -0.137. The summed E-state index contributed by atoms with van der Waals surface area (Å²) in [4.78, 5) is 36.3. The van der Waals surface area contributed by atoms with E-state index in [0.717, 1.165) is 5.56 Å². The molecule has 0 radical (unpaired) electrons. The lowest BCUT2D eigenvalue weighted by Gasteiger charge is -2.16. The van der Waals surface area contributed by atoms with Crippen molar-refractivity contribution in [2.45, 2.75) is 33.1 Å². The molecule has 1 N–H and O–H groups in total. The fourth-order valence-electron chi connectivity index (χ4n) is 2.47. The molecule has 0 bridgehead atoms. The van der Waals surface area contributed by atoms with Gasteiger partial charge in [0.15, 0.2) is 0 Å². The second-order valence-corrected chi connectivity index (χ2v) is 5.64. The minimum absolute atomic E-state index is 0.114. The van der Waals surface area contributed by atoms with Crippen LogP contribution >= 0.6 is 0 Å². The van der Waals surface area contributed by atoms with Gasteiger partial charge in [0.1, 0.15) is 0 Å². The predicted molar refractivity (Wildman–Crippen MR) is 77.2 cm³/mol. The van der Waals surface area contributed by atoms with Gasteiger partial charge in [-0.15, -0.1) is 0 Å². The minimum Gasteiger partial charge on any atom is -0.481 e. The van der Waals surface area contributed by atoms with E-state index >= 15 is 0 Å². The molecule has 5 nitrogen and oxygen atoms in total. The molecule has 0 fully saturated rings. The molecular weight excluding hydrogens is 270 g/mol. The largest absolute Gasteiger partial charge is 0.481 e. The zero-order valence-corrected chi connectivity index (χ0v) is 12.3. The highest BCUT2D eigenvalue weighted by atomic mass is 16.4. The van der Waals surface area contributed by atoms with Crippen LogP contribution in [0.4, 0.5) is 0 Å². The molecule has 21 heavy (non-hydrogen) atoms. The Labute approximate surface area is 123 Å². The van der Waals surface area contributed by atoms with E-state index in [-0.39, 0.29) is 24.2 Å². The van der Waals surface area contributed by atoms with Crippen LogP contribution in [-0.4, -0.2) is 34.3 Å². The normalized spacial score (nSPS) is 15.2. The van der Waals surface area contributed by atoms with Crippen LogP contribution < -0.4 is 0 Å². The van der Waals surface area contributed by atoms with Gasteiger partial charge in [-0.2, -0.15) is 0 Å². The molecule has 1 heterocycles. The Kier molecular flexibility index (Phi) is 4.40. The number of aliphatic carboxylic acids is 1. The number of hydrogen-bond donors (Lipinski definition) is 1. The summed E-state index contributed by atoms with van der Waals surface area (Å²) in [7, 11) is 0. The van der Waals surface area contributed by atoms with Gasteiger partial charge in [-0.05, 0) is 37.8 Å². The van der Waals surface area contributed by atoms with Crippen LogP contribution in [0.25, 0.3) is 0 Å². The summed E-state index contributed by atoms with van der Waals surface area (Å²) >= 11 is 0. The van der Waals surface area contributed by atoms with E-state index in [2.05, 4.69) is 0 Å². The topological polar surface area (TPSA) is 74.7 Å². The summed E-state index contributed by atoms with van der Waals surface area (Å²) in [5, 5.41) is 8.65. The Hall–Kier alpha value is -2.17. The van der Waals surface area contributed by atoms with E-state index in [9.17, 15) is 14.4 Å². The maximum Gasteiger partial charge on any atom is 0.303 e. The average Bonchev–Trinajstić information content (AvgIpc) is 2.66. The van der Waals surface area contributed by atoms with Crippen molar-refractivity contribution >= 4 is 17.8 Å². The third kappa shape index (κ3) is 3.29. The molecule has 0 spiro atoms. The number of hydrogen-bond acceptors (Lipinski definition) is 3. The van der Waals surface area contributed by atoms with Crippen molar-refractivity contribution in [1.29, 1.82) is 0 Å². The number of benzene rings is 1. The molecule has 2 amide bonds. The van der Waals surface area contributed by atoms with Gasteiger partial charge in [0.2, 0.25) is 0 Å². The van der Waals surface area contributed by atoms with Gasteiger partial charge in [-0.3, -0.25) is 19.3 Å². The number of nitrogens with zero attached hydrogens (tertiary/aromatic N) is 1. The smallest absolute Gasteiger partial charge is 0.303 e. The van der Waals surface area contributed by atoms with Gasteiger partial charge in [0, 0.05) is 13.0 Å². The number of fused-ring (bicyclic) bond motifs is 1. The van der Waals surface area contributed by atoms with Crippen LogP contribution in [0.3, 0.4) is 0 Å². The molecular formula is C16H19NO4. The lowest BCUT2D eigenvalue weighted by atomic mass is 10.0. The van der Waals surface area contributed by atoms with E-state index in [1.54, 1.807) is 12.1 Å². The van der Waals surface area contributed by atoms with Gasteiger partial charge in [-0.1, -0.05) is 18.6 Å². The highest BCUT2D eigenvalue weighted by molar-refractivity contribution is 6.21. The Morgan fingerprint density at radius 3 is 2.52 bits per heavy atom. The Morgan fingerprint density at radius 2 is 1.86 bits per heavy atom. The number of amides is 2. The summed E-state index contributed by atoms with van der Waals surface area (Å²) in [5.74, 6) is -1.16. The summed E-state index contributed by atoms with van der Waals surface area (Å²) in [6.45, 7) is 4.16. The Morgan fingerprint density at radius 1 is 1.19 bits per heavy atom. The number of carbonyl (C=O) groups is 3. The standard InChI is InChI=1S/C16H19NO4/c1-10(4-6-14(18)19)7-8-17-15(20)12-5-3-11(2)9-13(12)16(17)21/h3,5,9-10H,4,6-8H2,1-2H3,(H,18,19). The zero-order valence-electron chi connectivity index (χ0n) is 12.3. The molecule has 0 saturated heterocycles. The SMILES string of the molecule is Cc1ccc2c(c1)C(=O)N(CCC(C)CCC(=O)O)C2=O. The molecule has 1 aliphatic heterocycles. The summed E-state index contributed by atoms with van der Waals surface area (Å²) < 4.78 is 0. The van der Waals surface area contributed by atoms with Crippen molar-refractivity contribution in [2.24, 2.45) is 5.92 Å². The van der Waals surface area contributed by atoms with Crippen molar-refractivity contribution < 1.29 is 19.5 Å². The number of carboxylic acids is 1. The van der Waals surface area contributed by atoms with Crippen molar-refractivity contribution in [1.82, 2.24) is 4.90 Å². The molecule has 0 aliphatic carbocycles. The first kappa shape index (κ1) is 15.2. The van der Waals surface area contributed by atoms with Crippen LogP contribution in [0.15, 0.2) is 18.2 Å². The van der Waals surface area contributed by atoms with E-state index in [4.69, 9.17) is 5.11 Å². The molecule has 1 aliphatic rings. The summed E-state index contributed by atoms with van der Waals surface area (Å²) in [6, 6.07) is 5.26. The van der Waals surface area contributed by atoms with Crippen molar-refractivity contribution in [3.8, 4) is 0 Å². The molecule has 5 heteroatoms. The van der Waals surface area contributed by atoms with Crippen LogP contribution in [0.2, 0.25) is 0 Å². The second kappa shape index (κ2) is 6.08.